The molecular weight excluding hydrogens is 401 g/mol. The molecule has 0 fully saturated rings. The third-order valence-electron chi connectivity index (χ3n) is 5.47. The predicted octanol–water partition coefficient (Wildman–Crippen LogP) is 6.73. The van der Waals surface area contributed by atoms with Crippen molar-refractivity contribution >= 4 is 28.2 Å². The number of anilines is 2. The molecule has 1 amide bonds. The molecule has 3 aromatic carbocycles. The van der Waals surface area contributed by atoms with Crippen molar-refractivity contribution in [2.24, 2.45) is 0 Å². The van der Waals surface area contributed by atoms with Crippen molar-refractivity contribution in [3.05, 3.63) is 108 Å². The highest BCUT2D eigenvalue weighted by Crippen LogP contribution is 2.25. The predicted molar refractivity (Wildman–Crippen MR) is 130 cm³/mol. The number of carbonyl (C=O) groups is 1. The number of hydrogen-bond acceptors (Lipinski definition) is 2. The Balaban J connectivity index is 1.65. The number of benzene rings is 3. The van der Waals surface area contributed by atoms with Crippen LogP contribution in [-0.4, -0.2) is 10.5 Å². The van der Waals surface area contributed by atoms with Gasteiger partial charge in [-0.05, 0) is 61.9 Å². The third kappa shape index (κ3) is 4.57. The molecule has 2 N–H and O–H groups in total. The molecule has 0 unspecified atom stereocenters. The van der Waals surface area contributed by atoms with Crippen LogP contribution in [0.5, 0.6) is 0 Å². The highest BCUT2D eigenvalue weighted by Gasteiger charge is 2.17. The van der Waals surface area contributed by atoms with E-state index in [1.807, 2.05) is 66.9 Å². The maximum Gasteiger partial charge on any atom is 0.272 e. The van der Waals surface area contributed by atoms with Crippen LogP contribution in [0.25, 0.3) is 10.9 Å². The lowest BCUT2D eigenvalue weighted by atomic mass is 10.2. The summed E-state index contributed by atoms with van der Waals surface area (Å²) in [6.45, 7) is 8.26. The minimum atomic E-state index is -0.287. The monoisotopic (exact) mass is 427 g/mol. The van der Waals surface area contributed by atoms with Crippen LogP contribution < -0.4 is 10.6 Å². The van der Waals surface area contributed by atoms with Gasteiger partial charge in [-0.3, -0.25) is 4.79 Å². The van der Waals surface area contributed by atoms with Crippen LogP contribution in [0.1, 0.15) is 35.0 Å². The smallest absolute Gasteiger partial charge is 0.272 e. The Morgan fingerprint density at radius 1 is 0.969 bits per heavy atom. The van der Waals surface area contributed by atoms with Crippen molar-refractivity contribution in [1.82, 2.24) is 4.57 Å². The molecule has 162 valence electrons. The van der Waals surface area contributed by atoms with Crippen LogP contribution in [0.15, 0.2) is 85.1 Å². The van der Waals surface area contributed by atoms with E-state index < -0.39 is 0 Å². The molecule has 0 radical (unpaired) electrons. The van der Waals surface area contributed by atoms with E-state index in [1.54, 1.807) is 18.2 Å². The van der Waals surface area contributed by atoms with Gasteiger partial charge >= 0.3 is 0 Å². The Bertz CT molecular complexity index is 1290. The van der Waals surface area contributed by atoms with Crippen molar-refractivity contribution in [2.45, 2.75) is 26.8 Å². The first-order valence-electron chi connectivity index (χ1n) is 10.6. The Morgan fingerprint density at radius 3 is 2.34 bits per heavy atom. The number of fused-ring (bicyclic) bond motifs is 1. The zero-order valence-electron chi connectivity index (χ0n) is 18.3. The number of hydrogen-bond donors (Lipinski definition) is 2. The maximum absolute atomic E-state index is 14.4. The second-order valence-corrected chi connectivity index (χ2v) is 7.88. The third-order valence-corrected chi connectivity index (χ3v) is 5.47. The zero-order valence-corrected chi connectivity index (χ0v) is 18.3. The number of aryl methyl sites for hydroxylation is 1. The molecule has 0 aliphatic carbocycles. The number of allylic oxidation sites excluding steroid dienone is 1. The van der Waals surface area contributed by atoms with E-state index in [9.17, 15) is 9.18 Å². The second kappa shape index (κ2) is 9.10. The lowest BCUT2D eigenvalue weighted by Crippen LogP contribution is -2.17. The number of rotatable bonds is 7. The second-order valence-electron chi connectivity index (χ2n) is 7.88. The molecule has 0 saturated carbocycles. The van der Waals surface area contributed by atoms with E-state index in [0.29, 0.717) is 16.9 Å². The number of halogens is 1. The van der Waals surface area contributed by atoms with Crippen LogP contribution in [0, 0.1) is 12.7 Å². The summed E-state index contributed by atoms with van der Waals surface area (Å²) in [7, 11) is 0. The molecule has 4 nitrogen and oxygen atoms in total. The van der Waals surface area contributed by atoms with Crippen molar-refractivity contribution in [3.8, 4) is 0 Å². The lowest BCUT2D eigenvalue weighted by Gasteiger charge is -2.13. The van der Waals surface area contributed by atoms with Crippen LogP contribution in [0.2, 0.25) is 0 Å². The van der Waals surface area contributed by atoms with Gasteiger partial charge in [0.05, 0.1) is 6.54 Å². The highest BCUT2D eigenvalue weighted by atomic mass is 19.1. The summed E-state index contributed by atoms with van der Waals surface area (Å²) in [6.07, 6.45) is 0.838. The highest BCUT2D eigenvalue weighted by molar-refractivity contribution is 6.06. The van der Waals surface area contributed by atoms with Crippen LogP contribution >= 0.6 is 0 Å². The summed E-state index contributed by atoms with van der Waals surface area (Å²) in [5.74, 6) is -0.529. The standard InChI is InChI=1S/C27H26FN3O/c1-4-19(3)29-22-10-12-23(13-11-22)30-27(32)26-16-21-15-18(2)9-14-25(21)31(26)17-20-7-5-6-8-24(20)28/h5-16,29H,3-4,17H2,1-2H3,(H,30,32). The van der Waals surface area contributed by atoms with Crippen molar-refractivity contribution in [3.63, 3.8) is 0 Å². The van der Waals surface area contributed by atoms with Crippen molar-refractivity contribution in [2.75, 3.05) is 10.6 Å². The van der Waals surface area contributed by atoms with Crippen LogP contribution in [0.3, 0.4) is 0 Å². The summed E-state index contributed by atoms with van der Waals surface area (Å²) >= 11 is 0. The molecule has 0 aliphatic rings. The quantitative estimate of drug-likeness (QED) is 0.344. The lowest BCUT2D eigenvalue weighted by molar-refractivity contribution is 0.101. The first-order valence-corrected chi connectivity index (χ1v) is 10.6. The number of aromatic nitrogens is 1. The Kier molecular flexibility index (Phi) is 6.08. The minimum Gasteiger partial charge on any atom is -0.359 e. The van der Waals surface area contributed by atoms with E-state index in [-0.39, 0.29) is 18.3 Å². The summed E-state index contributed by atoms with van der Waals surface area (Å²) in [4.78, 5) is 13.2. The fourth-order valence-electron chi connectivity index (χ4n) is 3.67. The van der Waals surface area contributed by atoms with Crippen LogP contribution in [0.4, 0.5) is 15.8 Å². The van der Waals surface area contributed by atoms with Gasteiger partial charge < -0.3 is 15.2 Å². The topological polar surface area (TPSA) is 46.1 Å². The largest absolute Gasteiger partial charge is 0.359 e. The average molecular weight is 428 g/mol. The molecule has 0 bridgehead atoms. The molecular formula is C27H26FN3O. The summed E-state index contributed by atoms with van der Waals surface area (Å²) < 4.78 is 16.2. The minimum absolute atomic E-state index is 0.242. The molecule has 5 heteroatoms. The molecule has 1 heterocycles. The van der Waals surface area contributed by atoms with Crippen molar-refractivity contribution < 1.29 is 9.18 Å². The van der Waals surface area contributed by atoms with E-state index in [0.717, 1.165) is 34.3 Å². The van der Waals surface area contributed by atoms with Gasteiger partial charge in [0.2, 0.25) is 0 Å². The van der Waals surface area contributed by atoms with Gasteiger partial charge in [-0.15, -0.1) is 0 Å². The van der Waals surface area contributed by atoms with Gasteiger partial charge in [-0.1, -0.05) is 43.3 Å². The van der Waals surface area contributed by atoms with E-state index in [1.165, 1.54) is 6.07 Å². The van der Waals surface area contributed by atoms with Gasteiger partial charge in [0.25, 0.3) is 5.91 Å². The maximum atomic E-state index is 14.4. The van der Waals surface area contributed by atoms with E-state index in [2.05, 4.69) is 17.2 Å². The van der Waals surface area contributed by atoms with Gasteiger partial charge in [-0.2, -0.15) is 0 Å². The van der Waals surface area contributed by atoms with Crippen molar-refractivity contribution in [1.29, 1.82) is 0 Å². The summed E-state index contributed by atoms with van der Waals surface area (Å²) in [6, 6.07) is 22.0. The van der Waals surface area contributed by atoms with Crippen LogP contribution in [-0.2, 0) is 6.54 Å². The number of nitrogens with zero attached hydrogens (tertiary/aromatic N) is 1. The molecule has 0 saturated heterocycles. The van der Waals surface area contributed by atoms with Gasteiger partial charge in [0.1, 0.15) is 11.5 Å². The van der Waals surface area contributed by atoms with Gasteiger partial charge in [-0.25, -0.2) is 4.39 Å². The SMILES string of the molecule is C=C(CC)Nc1ccc(NC(=O)c2cc3cc(C)ccc3n2Cc2ccccc2F)cc1. The first-order chi connectivity index (χ1) is 15.4. The first kappa shape index (κ1) is 21.4. The molecule has 0 spiro atoms. The molecule has 32 heavy (non-hydrogen) atoms. The van der Waals surface area contributed by atoms with E-state index in [4.69, 9.17) is 0 Å². The Labute approximate surface area is 187 Å². The summed E-state index contributed by atoms with van der Waals surface area (Å²) in [5, 5.41) is 7.14. The fourth-order valence-corrected chi connectivity index (χ4v) is 3.67. The molecule has 1 aromatic heterocycles. The molecule has 0 atom stereocenters. The Morgan fingerprint density at radius 2 is 1.66 bits per heavy atom. The molecule has 0 aliphatic heterocycles. The Hall–Kier alpha value is -3.86. The normalized spacial score (nSPS) is 10.8. The fraction of sp³-hybridized carbons (Fsp3) is 0.148. The zero-order chi connectivity index (χ0) is 22.7. The van der Waals surface area contributed by atoms with E-state index >= 15 is 0 Å². The number of nitrogens with one attached hydrogen (secondary N) is 2. The average Bonchev–Trinajstić information content (AvgIpc) is 3.14. The molecule has 4 rings (SSSR count). The number of carbonyl (C=O) groups excluding carboxylic acids is 1. The number of amides is 1. The summed E-state index contributed by atoms with van der Waals surface area (Å²) in [5.41, 5.74) is 5.53. The van der Waals surface area contributed by atoms with Gasteiger partial charge in [0.15, 0.2) is 0 Å². The molecule has 4 aromatic rings. The van der Waals surface area contributed by atoms with Gasteiger partial charge in [0, 0.05) is 33.5 Å².